The lowest BCUT2D eigenvalue weighted by Crippen LogP contribution is -2.47. The van der Waals surface area contributed by atoms with Gasteiger partial charge in [-0.15, -0.1) is 0 Å². The monoisotopic (exact) mass is 354 g/mol. The van der Waals surface area contributed by atoms with Gasteiger partial charge in [0.1, 0.15) is 0 Å². The van der Waals surface area contributed by atoms with E-state index < -0.39 is 11.0 Å². The van der Waals surface area contributed by atoms with Crippen LogP contribution in [0.1, 0.15) is 19.8 Å². The molecule has 1 aromatic rings. The third-order valence-electron chi connectivity index (χ3n) is 4.28. The number of piperidine rings is 1. The Hall–Kier alpha value is -2.19. The highest BCUT2D eigenvalue weighted by Gasteiger charge is 2.29. The van der Waals surface area contributed by atoms with E-state index in [1.807, 2.05) is 4.90 Å². The number of primary amides is 1. The molecule has 130 valence electrons. The summed E-state index contributed by atoms with van der Waals surface area (Å²) < 4.78 is 0. The fraction of sp³-hybridized carbons (Fsp3) is 0.467. The summed E-state index contributed by atoms with van der Waals surface area (Å²) in [5, 5.41) is 13.5. The molecule has 0 aromatic heterocycles. The normalized spacial score (nSPS) is 17.2. The fourth-order valence-electron chi connectivity index (χ4n) is 2.69. The molecule has 24 heavy (non-hydrogen) atoms. The van der Waals surface area contributed by atoms with Crippen molar-refractivity contribution in [2.75, 3.05) is 18.4 Å². The molecule has 8 nitrogen and oxygen atoms in total. The van der Waals surface area contributed by atoms with Gasteiger partial charge >= 0.3 is 0 Å². The summed E-state index contributed by atoms with van der Waals surface area (Å²) in [6, 6.07) is 3.47. The molecule has 0 aliphatic carbocycles. The van der Waals surface area contributed by atoms with Crippen molar-refractivity contribution >= 4 is 34.8 Å². The molecular formula is C15H19ClN4O4. The number of carbonyl (C=O) groups excluding carboxylic acids is 2. The zero-order chi connectivity index (χ0) is 17.9. The number of nitrogens with zero attached hydrogens (tertiary/aromatic N) is 2. The van der Waals surface area contributed by atoms with E-state index in [2.05, 4.69) is 5.32 Å². The Morgan fingerprint density at radius 3 is 2.54 bits per heavy atom. The second-order valence-corrected chi connectivity index (χ2v) is 6.21. The van der Waals surface area contributed by atoms with Gasteiger partial charge in [0.15, 0.2) is 0 Å². The summed E-state index contributed by atoms with van der Waals surface area (Å²) in [4.78, 5) is 35.7. The van der Waals surface area contributed by atoms with Crippen LogP contribution >= 0.6 is 11.6 Å². The maximum Gasteiger partial charge on any atom is 0.271 e. The Bertz CT molecular complexity index is 659. The topological polar surface area (TPSA) is 119 Å². The molecule has 0 saturated carbocycles. The van der Waals surface area contributed by atoms with Crippen molar-refractivity contribution in [1.82, 2.24) is 4.90 Å². The van der Waals surface area contributed by atoms with Gasteiger partial charge in [-0.25, -0.2) is 0 Å². The molecule has 0 unspecified atom stereocenters. The maximum atomic E-state index is 12.4. The number of rotatable bonds is 5. The quantitative estimate of drug-likeness (QED) is 0.617. The van der Waals surface area contributed by atoms with Crippen molar-refractivity contribution in [1.29, 1.82) is 0 Å². The smallest absolute Gasteiger partial charge is 0.271 e. The predicted molar refractivity (Wildman–Crippen MR) is 89.7 cm³/mol. The number of anilines is 1. The molecule has 2 amide bonds. The van der Waals surface area contributed by atoms with Crippen LogP contribution in [0.2, 0.25) is 5.02 Å². The van der Waals surface area contributed by atoms with Gasteiger partial charge in [0.25, 0.3) is 5.69 Å². The van der Waals surface area contributed by atoms with Crippen molar-refractivity contribution in [3.63, 3.8) is 0 Å². The first-order chi connectivity index (χ1) is 11.3. The molecule has 3 N–H and O–H groups in total. The van der Waals surface area contributed by atoms with Crippen LogP contribution in [0.4, 0.5) is 11.4 Å². The molecule has 2 rings (SSSR count). The molecule has 1 aromatic carbocycles. The van der Waals surface area contributed by atoms with E-state index in [1.165, 1.54) is 18.2 Å². The molecule has 0 spiro atoms. The summed E-state index contributed by atoms with van der Waals surface area (Å²) in [5.74, 6) is -0.701. The number of carbonyl (C=O) groups is 2. The first-order valence-electron chi connectivity index (χ1n) is 7.57. The summed E-state index contributed by atoms with van der Waals surface area (Å²) in [6.45, 7) is 2.98. The van der Waals surface area contributed by atoms with E-state index in [0.717, 1.165) is 0 Å². The molecule has 1 aliphatic heterocycles. The average molecular weight is 355 g/mol. The van der Waals surface area contributed by atoms with Crippen LogP contribution in [0.25, 0.3) is 0 Å². The molecule has 9 heteroatoms. The molecule has 1 saturated heterocycles. The number of non-ortho nitro benzene ring substituents is 1. The number of amides is 2. The third kappa shape index (κ3) is 4.21. The zero-order valence-electron chi connectivity index (χ0n) is 13.2. The van der Waals surface area contributed by atoms with Gasteiger partial charge in [-0.2, -0.15) is 0 Å². The second kappa shape index (κ2) is 7.59. The van der Waals surface area contributed by atoms with Crippen LogP contribution in [0, 0.1) is 16.0 Å². The first-order valence-corrected chi connectivity index (χ1v) is 7.95. The highest BCUT2D eigenvalue weighted by Crippen LogP contribution is 2.27. The molecule has 0 bridgehead atoms. The predicted octanol–water partition coefficient (Wildman–Crippen LogP) is 1.77. The summed E-state index contributed by atoms with van der Waals surface area (Å²) in [7, 11) is 0. The van der Waals surface area contributed by atoms with Crippen molar-refractivity contribution in [2.24, 2.45) is 11.7 Å². The van der Waals surface area contributed by atoms with Crippen molar-refractivity contribution in [2.45, 2.75) is 25.8 Å². The number of nitrogens with two attached hydrogens (primary N) is 1. The number of nitrogens with one attached hydrogen (secondary N) is 1. The number of benzene rings is 1. The van der Waals surface area contributed by atoms with E-state index in [9.17, 15) is 19.7 Å². The van der Waals surface area contributed by atoms with Gasteiger partial charge in [0.05, 0.1) is 21.7 Å². The Balaban J connectivity index is 1.97. The van der Waals surface area contributed by atoms with Crippen LogP contribution < -0.4 is 11.1 Å². The van der Waals surface area contributed by atoms with Crippen LogP contribution in [0.15, 0.2) is 18.2 Å². The molecular weight excluding hydrogens is 336 g/mol. The van der Waals surface area contributed by atoms with Crippen molar-refractivity contribution < 1.29 is 14.5 Å². The van der Waals surface area contributed by atoms with E-state index in [4.69, 9.17) is 17.3 Å². The Morgan fingerprint density at radius 2 is 2.04 bits per heavy atom. The summed E-state index contributed by atoms with van der Waals surface area (Å²) >= 11 is 5.98. The number of hydrogen-bond acceptors (Lipinski definition) is 5. The molecule has 1 aliphatic rings. The van der Waals surface area contributed by atoms with E-state index >= 15 is 0 Å². The van der Waals surface area contributed by atoms with Crippen molar-refractivity contribution in [3.05, 3.63) is 33.3 Å². The number of nitro benzene ring substituents is 1. The third-order valence-corrected chi connectivity index (χ3v) is 4.59. The maximum absolute atomic E-state index is 12.4. The van der Waals surface area contributed by atoms with Gasteiger partial charge in [0.2, 0.25) is 11.8 Å². The SMILES string of the molecule is C[C@@H](C(=O)Nc1ccc([N+](=O)[O-])cc1Cl)N1CCC(C(N)=O)CC1. The van der Waals surface area contributed by atoms with E-state index in [1.54, 1.807) is 6.92 Å². The Kier molecular flexibility index (Phi) is 5.74. The van der Waals surface area contributed by atoms with Crippen LogP contribution in [0.5, 0.6) is 0 Å². The van der Waals surface area contributed by atoms with Gasteiger partial charge in [-0.05, 0) is 38.9 Å². The average Bonchev–Trinajstić information content (AvgIpc) is 2.55. The largest absolute Gasteiger partial charge is 0.369 e. The number of likely N-dealkylation sites (tertiary alicyclic amines) is 1. The lowest BCUT2D eigenvalue weighted by molar-refractivity contribution is -0.384. The standard InChI is InChI=1S/C15H19ClN4O4/c1-9(19-6-4-10(5-7-19)14(17)21)15(22)18-13-3-2-11(20(23)24)8-12(13)16/h2-3,8-10H,4-7H2,1H3,(H2,17,21)(H,18,22)/t9-/m0/s1. The Labute approximate surface area is 144 Å². The molecule has 1 fully saturated rings. The number of nitro groups is 1. The number of halogens is 1. The molecule has 1 heterocycles. The van der Waals surface area contributed by atoms with Crippen LogP contribution in [-0.4, -0.2) is 40.8 Å². The summed E-state index contributed by atoms with van der Waals surface area (Å²) in [5.41, 5.74) is 5.49. The van der Waals surface area contributed by atoms with Gasteiger partial charge in [0, 0.05) is 18.1 Å². The Morgan fingerprint density at radius 1 is 1.42 bits per heavy atom. The van der Waals surface area contributed by atoms with Gasteiger partial charge in [-0.1, -0.05) is 11.6 Å². The molecule has 0 radical (unpaired) electrons. The highest BCUT2D eigenvalue weighted by atomic mass is 35.5. The van der Waals surface area contributed by atoms with Crippen molar-refractivity contribution in [3.8, 4) is 0 Å². The number of hydrogen-bond donors (Lipinski definition) is 2. The van der Waals surface area contributed by atoms with Gasteiger partial charge in [-0.3, -0.25) is 24.6 Å². The minimum Gasteiger partial charge on any atom is -0.369 e. The van der Waals surface area contributed by atoms with Crippen LogP contribution in [0.3, 0.4) is 0 Å². The molecule has 1 atom stereocenters. The fourth-order valence-corrected chi connectivity index (χ4v) is 2.92. The van der Waals surface area contributed by atoms with Crippen LogP contribution in [-0.2, 0) is 9.59 Å². The summed E-state index contributed by atoms with van der Waals surface area (Å²) in [6.07, 6.45) is 1.26. The lowest BCUT2D eigenvalue weighted by Gasteiger charge is -2.34. The van der Waals surface area contributed by atoms with E-state index in [-0.39, 0.29) is 28.4 Å². The van der Waals surface area contributed by atoms with E-state index in [0.29, 0.717) is 31.6 Å². The second-order valence-electron chi connectivity index (χ2n) is 5.80. The highest BCUT2D eigenvalue weighted by molar-refractivity contribution is 6.34. The van der Waals surface area contributed by atoms with Gasteiger partial charge < -0.3 is 11.1 Å². The minimum atomic E-state index is -0.553. The lowest BCUT2D eigenvalue weighted by atomic mass is 9.95. The first kappa shape index (κ1) is 18.2. The zero-order valence-corrected chi connectivity index (χ0v) is 14.0. The minimum absolute atomic E-state index is 0.109.